The number of ketones is 1. The molecule has 22 heavy (non-hydrogen) atoms. The van der Waals surface area contributed by atoms with E-state index in [0.717, 1.165) is 49.6 Å². The fourth-order valence-corrected chi connectivity index (χ4v) is 5.28. The summed E-state index contributed by atoms with van der Waals surface area (Å²) >= 11 is 0. The molecule has 3 heterocycles. The highest BCUT2D eigenvalue weighted by Gasteiger charge is 2.65. The lowest BCUT2D eigenvalue weighted by Crippen LogP contribution is -2.61. The molecule has 1 N–H and O–H groups in total. The summed E-state index contributed by atoms with van der Waals surface area (Å²) in [7, 11) is 0. The summed E-state index contributed by atoms with van der Waals surface area (Å²) in [6, 6.07) is 0. The smallest absolute Gasteiger partial charge is 0.162 e. The summed E-state index contributed by atoms with van der Waals surface area (Å²) < 4.78 is 5.44. The second kappa shape index (κ2) is 3.70. The number of ether oxygens (including phenoxy) is 1. The van der Waals surface area contributed by atoms with Crippen molar-refractivity contribution in [2.45, 2.75) is 39.5 Å². The molecular weight excluding hydrogens is 278 g/mol. The van der Waals surface area contributed by atoms with E-state index >= 15 is 0 Å². The Hall–Kier alpha value is -1.49. The number of azo groups is 1. The standard InChI is InChI=1S/C17H21N3O2/c1-15(2)3-11-13(12(21)4-15)17(6-16(7-17)8-22-9-16)10-5-18-20-14(10)19-11/h19H,3-9H2,1-2H3. The summed E-state index contributed by atoms with van der Waals surface area (Å²) in [6.07, 6.45) is 3.65. The number of nitrogens with zero attached hydrogens (tertiary/aromatic N) is 2. The molecule has 0 atom stereocenters. The summed E-state index contributed by atoms with van der Waals surface area (Å²) in [5, 5.41) is 12.0. The van der Waals surface area contributed by atoms with Gasteiger partial charge in [-0.2, -0.15) is 5.11 Å². The van der Waals surface area contributed by atoms with Crippen LogP contribution in [0.25, 0.3) is 0 Å². The molecule has 0 aromatic heterocycles. The Morgan fingerprint density at radius 2 is 1.95 bits per heavy atom. The number of allylic oxidation sites excluding steroid dienone is 2. The minimum Gasteiger partial charge on any atom is -0.380 e. The molecule has 5 rings (SSSR count). The van der Waals surface area contributed by atoms with Crippen LogP contribution in [0.3, 0.4) is 0 Å². The molecule has 0 radical (unpaired) electrons. The van der Waals surface area contributed by atoms with Crippen LogP contribution in [-0.4, -0.2) is 25.5 Å². The number of dihydropyridines is 1. The van der Waals surface area contributed by atoms with Gasteiger partial charge in [-0.25, -0.2) is 0 Å². The van der Waals surface area contributed by atoms with Crippen LogP contribution >= 0.6 is 0 Å². The van der Waals surface area contributed by atoms with Gasteiger partial charge in [0.25, 0.3) is 0 Å². The van der Waals surface area contributed by atoms with Gasteiger partial charge in [-0.15, -0.1) is 5.11 Å². The number of hydrogen-bond donors (Lipinski definition) is 1. The zero-order valence-electron chi connectivity index (χ0n) is 13.2. The van der Waals surface area contributed by atoms with Gasteiger partial charge in [0, 0.05) is 34.1 Å². The molecule has 2 spiro atoms. The predicted molar refractivity (Wildman–Crippen MR) is 79.9 cm³/mol. The van der Waals surface area contributed by atoms with Gasteiger partial charge in [0.15, 0.2) is 11.6 Å². The van der Waals surface area contributed by atoms with Gasteiger partial charge in [0.05, 0.1) is 19.8 Å². The maximum Gasteiger partial charge on any atom is 0.162 e. The van der Waals surface area contributed by atoms with Crippen molar-refractivity contribution in [3.8, 4) is 0 Å². The van der Waals surface area contributed by atoms with Crippen LogP contribution < -0.4 is 5.32 Å². The Kier molecular flexibility index (Phi) is 2.19. The molecule has 1 saturated carbocycles. The Bertz CT molecular complexity index is 687. The van der Waals surface area contributed by atoms with Gasteiger partial charge < -0.3 is 10.1 Å². The molecule has 0 aromatic carbocycles. The van der Waals surface area contributed by atoms with Crippen molar-refractivity contribution in [3.05, 3.63) is 22.7 Å². The van der Waals surface area contributed by atoms with Gasteiger partial charge in [-0.1, -0.05) is 13.8 Å². The van der Waals surface area contributed by atoms with Crippen molar-refractivity contribution in [3.63, 3.8) is 0 Å². The average molecular weight is 299 g/mol. The Balaban J connectivity index is 1.62. The maximum absolute atomic E-state index is 12.9. The lowest BCUT2D eigenvalue weighted by atomic mass is 9.44. The van der Waals surface area contributed by atoms with E-state index < -0.39 is 0 Å². The molecule has 1 saturated heterocycles. The molecule has 0 amide bonds. The topological polar surface area (TPSA) is 63.0 Å². The second-order valence-electron chi connectivity index (χ2n) is 8.57. The van der Waals surface area contributed by atoms with E-state index in [-0.39, 0.29) is 10.8 Å². The number of fused-ring (bicyclic) bond motifs is 2. The van der Waals surface area contributed by atoms with Crippen molar-refractivity contribution >= 4 is 5.78 Å². The van der Waals surface area contributed by atoms with E-state index in [0.29, 0.717) is 24.2 Å². The molecule has 2 fully saturated rings. The first-order valence-corrected chi connectivity index (χ1v) is 8.16. The molecule has 2 aliphatic carbocycles. The summed E-state index contributed by atoms with van der Waals surface area (Å²) in [5.41, 5.74) is 3.64. The van der Waals surface area contributed by atoms with Gasteiger partial charge in [0.2, 0.25) is 0 Å². The second-order valence-corrected chi connectivity index (χ2v) is 8.57. The largest absolute Gasteiger partial charge is 0.380 e. The quantitative estimate of drug-likeness (QED) is 0.748. The maximum atomic E-state index is 12.9. The lowest BCUT2D eigenvalue weighted by molar-refractivity contribution is -0.194. The van der Waals surface area contributed by atoms with Crippen molar-refractivity contribution in [1.29, 1.82) is 0 Å². The predicted octanol–water partition coefficient (Wildman–Crippen LogP) is 2.71. The molecule has 5 aliphatic rings. The van der Waals surface area contributed by atoms with E-state index in [4.69, 9.17) is 4.74 Å². The normalized spacial score (nSPS) is 32.5. The van der Waals surface area contributed by atoms with E-state index in [1.807, 2.05) is 0 Å². The molecule has 0 aromatic rings. The first kappa shape index (κ1) is 13.0. The summed E-state index contributed by atoms with van der Waals surface area (Å²) in [4.78, 5) is 12.9. The van der Waals surface area contributed by atoms with E-state index in [2.05, 4.69) is 29.4 Å². The first-order valence-electron chi connectivity index (χ1n) is 8.16. The fraction of sp³-hybridized carbons (Fsp3) is 0.706. The van der Waals surface area contributed by atoms with Crippen molar-refractivity contribution < 1.29 is 9.53 Å². The number of Topliss-reactive ketones (excluding diaryl/α,β-unsaturated/α-hetero) is 1. The molecule has 3 aliphatic heterocycles. The van der Waals surface area contributed by atoms with Gasteiger partial charge in [-0.3, -0.25) is 4.79 Å². The minimum atomic E-state index is -0.100. The monoisotopic (exact) mass is 299 g/mol. The van der Waals surface area contributed by atoms with Gasteiger partial charge in [-0.05, 0) is 24.7 Å². The minimum absolute atomic E-state index is 0.0267. The fourth-order valence-electron chi connectivity index (χ4n) is 5.28. The van der Waals surface area contributed by atoms with Crippen LogP contribution in [0.5, 0.6) is 0 Å². The van der Waals surface area contributed by atoms with Crippen LogP contribution in [0.15, 0.2) is 32.9 Å². The number of rotatable bonds is 0. The first-order chi connectivity index (χ1) is 10.4. The summed E-state index contributed by atoms with van der Waals surface area (Å²) in [6.45, 7) is 6.69. The number of carbonyl (C=O) groups excluding carboxylic acids is 1. The molecule has 0 bridgehead atoms. The third-order valence-corrected chi connectivity index (χ3v) is 6.06. The third-order valence-electron chi connectivity index (χ3n) is 6.06. The lowest BCUT2D eigenvalue weighted by Gasteiger charge is -2.63. The van der Waals surface area contributed by atoms with Crippen molar-refractivity contribution in [2.75, 3.05) is 19.8 Å². The highest BCUT2D eigenvalue weighted by atomic mass is 16.5. The van der Waals surface area contributed by atoms with Gasteiger partial charge in [0.1, 0.15) is 0 Å². The average Bonchev–Trinajstić information content (AvgIpc) is 2.77. The van der Waals surface area contributed by atoms with Crippen molar-refractivity contribution in [1.82, 2.24) is 5.32 Å². The molecule has 0 unspecified atom stereocenters. The Morgan fingerprint density at radius 1 is 1.18 bits per heavy atom. The SMILES string of the molecule is CC1(C)CC(=O)C2=C(C1)NC1=C(CN=N1)C21CC2(COC2)C1. The zero-order valence-corrected chi connectivity index (χ0v) is 13.2. The van der Waals surface area contributed by atoms with E-state index in [9.17, 15) is 4.79 Å². The van der Waals surface area contributed by atoms with Crippen LogP contribution in [0.2, 0.25) is 0 Å². The van der Waals surface area contributed by atoms with Crippen molar-refractivity contribution in [2.24, 2.45) is 26.5 Å². The number of carbonyl (C=O) groups is 1. The highest BCUT2D eigenvalue weighted by Crippen LogP contribution is 2.68. The number of hydrogen-bond acceptors (Lipinski definition) is 5. The number of nitrogens with one attached hydrogen (secondary N) is 1. The molecule has 5 heteroatoms. The molecule has 116 valence electrons. The Morgan fingerprint density at radius 3 is 2.64 bits per heavy atom. The van der Waals surface area contributed by atoms with E-state index in [1.165, 1.54) is 5.57 Å². The summed E-state index contributed by atoms with van der Waals surface area (Å²) in [5.74, 6) is 1.24. The Labute approximate surface area is 129 Å². The van der Waals surface area contributed by atoms with Crippen LogP contribution in [0.1, 0.15) is 39.5 Å². The van der Waals surface area contributed by atoms with Gasteiger partial charge >= 0.3 is 0 Å². The molecular formula is C17H21N3O2. The molecule has 5 nitrogen and oxygen atoms in total. The van der Waals surface area contributed by atoms with Crippen LogP contribution in [0, 0.1) is 16.2 Å². The highest BCUT2D eigenvalue weighted by molar-refractivity contribution is 6.00. The van der Waals surface area contributed by atoms with Crippen LogP contribution in [-0.2, 0) is 9.53 Å². The third kappa shape index (κ3) is 1.45. The van der Waals surface area contributed by atoms with E-state index in [1.54, 1.807) is 0 Å². The zero-order chi connectivity index (χ0) is 15.2. The van der Waals surface area contributed by atoms with Crippen LogP contribution in [0.4, 0.5) is 0 Å².